The Hall–Kier alpha value is -1.79. The molecule has 3 N–H and O–H groups in total. The van der Waals surface area contributed by atoms with E-state index in [0.29, 0.717) is 21.2 Å². The summed E-state index contributed by atoms with van der Waals surface area (Å²) >= 11 is 7.10. The van der Waals surface area contributed by atoms with Crippen molar-refractivity contribution in [1.29, 1.82) is 0 Å². The van der Waals surface area contributed by atoms with Gasteiger partial charge < -0.3 is 15.6 Å². The first-order valence-electron chi connectivity index (χ1n) is 4.86. The topological polar surface area (TPSA) is 85.4 Å². The summed E-state index contributed by atoms with van der Waals surface area (Å²) in [4.78, 5) is 15.3. The van der Waals surface area contributed by atoms with Crippen LogP contribution in [0.4, 0.5) is 5.13 Å². The van der Waals surface area contributed by atoms with E-state index in [1.54, 1.807) is 18.2 Å². The normalized spacial score (nSPS) is 10.3. The summed E-state index contributed by atoms with van der Waals surface area (Å²) in [5.74, 6) is -0.598. The minimum Gasteiger partial charge on any atom is -0.495 e. The Kier molecular flexibility index (Phi) is 3.40. The highest BCUT2D eigenvalue weighted by atomic mass is 35.5. The molecule has 0 saturated carbocycles. The Bertz CT molecular complexity index is 612. The number of carbonyl (C=O) groups is 1. The van der Waals surface area contributed by atoms with Gasteiger partial charge in [-0.1, -0.05) is 22.9 Å². The van der Waals surface area contributed by atoms with Crippen LogP contribution in [0.2, 0.25) is 5.02 Å². The number of rotatable bonds is 3. The van der Waals surface area contributed by atoms with Crippen LogP contribution in [0.25, 0.3) is 10.4 Å². The van der Waals surface area contributed by atoms with Gasteiger partial charge in [0.1, 0.15) is 5.75 Å². The standard InChI is InChI=1S/C11H9ClN2O3S/c1-17-7-3-2-5(4-6(7)12)9-8(10(15)16)14-11(13)18-9/h2-4H,1H3,(H2,13,14)(H,15,16). The molecule has 2 rings (SSSR count). The van der Waals surface area contributed by atoms with E-state index in [-0.39, 0.29) is 10.8 Å². The average Bonchev–Trinajstić information content (AvgIpc) is 2.71. The molecule has 94 valence electrons. The molecule has 1 aromatic carbocycles. The second-order valence-corrected chi connectivity index (χ2v) is 4.82. The van der Waals surface area contributed by atoms with Gasteiger partial charge in [0.25, 0.3) is 0 Å². The van der Waals surface area contributed by atoms with Gasteiger partial charge in [-0.05, 0) is 23.8 Å². The molecule has 0 aliphatic heterocycles. The van der Waals surface area contributed by atoms with E-state index in [9.17, 15) is 4.79 Å². The van der Waals surface area contributed by atoms with Crippen molar-refractivity contribution >= 4 is 34.0 Å². The summed E-state index contributed by atoms with van der Waals surface area (Å²) in [5, 5.41) is 9.65. The van der Waals surface area contributed by atoms with Crippen LogP contribution in [0.1, 0.15) is 10.5 Å². The molecule has 0 unspecified atom stereocenters. The molecule has 0 spiro atoms. The summed E-state index contributed by atoms with van der Waals surface area (Å²) in [6, 6.07) is 5.00. The molecule has 2 aromatic rings. The van der Waals surface area contributed by atoms with Crippen LogP contribution in [-0.4, -0.2) is 23.2 Å². The minimum atomic E-state index is -1.12. The third-order valence-corrected chi connectivity index (χ3v) is 3.49. The Balaban J connectivity index is 2.55. The van der Waals surface area contributed by atoms with Crippen molar-refractivity contribution in [1.82, 2.24) is 4.98 Å². The molecule has 0 saturated heterocycles. The summed E-state index contributed by atoms with van der Waals surface area (Å²) < 4.78 is 5.03. The SMILES string of the molecule is COc1ccc(-c2sc(N)nc2C(=O)O)cc1Cl. The van der Waals surface area contributed by atoms with Gasteiger partial charge >= 0.3 is 5.97 Å². The quantitative estimate of drug-likeness (QED) is 0.905. The Morgan fingerprint density at radius 2 is 2.28 bits per heavy atom. The van der Waals surface area contributed by atoms with E-state index in [0.717, 1.165) is 11.3 Å². The van der Waals surface area contributed by atoms with Crippen LogP contribution in [0.5, 0.6) is 5.75 Å². The zero-order chi connectivity index (χ0) is 13.3. The van der Waals surface area contributed by atoms with Crippen LogP contribution in [-0.2, 0) is 0 Å². The molecule has 18 heavy (non-hydrogen) atoms. The highest BCUT2D eigenvalue weighted by molar-refractivity contribution is 7.19. The molecule has 5 nitrogen and oxygen atoms in total. The fraction of sp³-hybridized carbons (Fsp3) is 0.0909. The Morgan fingerprint density at radius 3 is 2.83 bits per heavy atom. The number of aromatic nitrogens is 1. The summed E-state index contributed by atoms with van der Waals surface area (Å²) in [6.45, 7) is 0. The van der Waals surface area contributed by atoms with Crippen molar-refractivity contribution in [3.05, 3.63) is 28.9 Å². The van der Waals surface area contributed by atoms with Crippen molar-refractivity contribution in [2.24, 2.45) is 0 Å². The predicted octanol–water partition coefficient (Wildman–Crippen LogP) is 2.75. The van der Waals surface area contributed by atoms with Crippen LogP contribution in [0.15, 0.2) is 18.2 Å². The van der Waals surface area contributed by atoms with E-state index < -0.39 is 5.97 Å². The largest absolute Gasteiger partial charge is 0.495 e. The molecule has 0 atom stereocenters. The number of benzene rings is 1. The fourth-order valence-corrected chi connectivity index (χ4v) is 2.56. The Labute approximate surface area is 112 Å². The smallest absolute Gasteiger partial charge is 0.356 e. The van der Waals surface area contributed by atoms with E-state index in [4.69, 9.17) is 27.2 Å². The second kappa shape index (κ2) is 4.83. The molecule has 0 radical (unpaired) electrons. The predicted molar refractivity (Wildman–Crippen MR) is 70.5 cm³/mol. The van der Waals surface area contributed by atoms with E-state index >= 15 is 0 Å². The number of ether oxygens (including phenoxy) is 1. The maximum Gasteiger partial charge on any atom is 0.356 e. The molecule has 0 fully saturated rings. The third-order valence-electron chi connectivity index (χ3n) is 2.26. The van der Waals surface area contributed by atoms with Gasteiger partial charge in [-0.25, -0.2) is 9.78 Å². The van der Waals surface area contributed by atoms with Gasteiger partial charge in [0, 0.05) is 0 Å². The molecule has 1 aromatic heterocycles. The zero-order valence-corrected chi connectivity index (χ0v) is 10.9. The monoisotopic (exact) mass is 284 g/mol. The number of nitrogens with zero attached hydrogens (tertiary/aromatic N) is 1. The molecule has 0 bridgehead atoms. The average molecular weight is 285 g/mol. The molecule has 0 aliphatic carbocycles. The third kappa shape index (κ3) is 2.25. The molecule has 1 heterocycles. The zero-order valence-electron chi connectivity index (χ0n) is 9.31. The lowest BCUT2D eigenvalue weighted by molar-refractivity contribution is 0.0692. The van der Waals surface area contributed by atoms with Crippen molar-refractivity contribution in [2.75, 3.05) is 12.8 Å². The number of halogens is 1. The van der Waals surface area contributed by atoms with Gasteiger partial charge in [0.2, 0.25) is 0 Å². The van der Waals surface area contributed by atoms with Crippen LogP contribution < -0.4 is 10.5 Å². The second-order valence-electron chi connectivity index (χ2n) is 3.38. The van der Waals surface area contributed by atoms with Crippen LogP contribution >= 0.6 is 22.9 Å². The minimum absolute atomic E-state index is 0.0706. The van der Waals surface area contributed by atoms with Crippen molar-refractivity contribution in [2.45, 2.75) is 0 Å². The number of hydrogen-bond acceptors (Lipinski definition) is 5. The number of carboxylic acid groups (broad SMARTS) is 1. The molecular weight excluding hydrogens is 276 g/mol. The molecule has 7 heteroatoms. The maximum atomic E-state index is 11.0. The van der Waals surface area contributed by atoms with Gasteiger partial charge in [0.15, 0.2) is 10.8 Å². The number of hydrogen-bond donors (Lipinski definition) is 2. The molecule has 0 aliphatic rings. The fourth-order valence-electron chi connectivity index (χ4n) is 1.48. The lowest BCUT2D eigenvalue weighted by Crippen LogP contribution is -1.99. The van der Waals surface area contributed by atoms with Crippen molar-refractivity contribution in [3.8, 4) is 16.2 Å². The highest BCUT2D eigenvalue weighted by Gasteiger charge is 2.18. The van der Waals surface area contributed by atoms with Crippen LogP contribution in [0, 0.1) is 0 Å². The van der Waals surface area contributed by atoms with Crippen LogP contribution in [0.3, 0.4) is 0 Å². The van der Waals surface area contributed by atoms with E-state index in [1.807, 2.05) is 0 Å². The molecular formula is C11H9ClN2O3S. The number of carboxylic acids is 1. The number of anilines is 1. The number of nitrogens with two attached hydrogens (primary N) is 1. The summed E-state index contributed by atoms with van der Waals surface area (Å²) in [5.41, 5.74) is 6.11. The van der Waals surface area contributed by atoms with Gasteiger partial charge in [-0.15, -0.1) is 0 Å². The van der Waals surface area contributed by atoms with Crippen molar-refractivity contribution in [3.63, 3.8) is 0 Å². The maximum absolute atomic E-state index is 11.0. The summed E-state index contributed by atoms with van der Waals surface area (Å²) in [6.07, 6.45) is 0. The van der Waals surface area contributed by atoms with Gasteiger partial charge in [-0.2, -0.15) is 0 Å². The summed E-state index contributed by atoms with van der Waals surface area (Å²) in [7, 11) is 1.51. The Morgan fingerprint density at radius 1 is 1.56 bits per heavy atom. The highest BCUT2D eigenvalue weighted by Crippen LogP contribution is 2.35. The van der Waals surface area contributed by atoms with Gasteiger partial charge in [-0.3, -0.25) is 0 Å². The van der Waals surface area contributed by atoms with E-state index in [1.165, 1.54) is 7.11 Å². The number of nitrogen functional groups attached to an aromatic ring is 1. The number of thiazole rings is 1. The number of methoxy groups -OCH3 is 1. The lowest BCUT2D eigenvalue weighted by atomic mass is 10.1. The molecule has 0 amide bonds. The first-order valence-corrected chi connectivity index (χ1v) is 6.06. The van der Waals surface area contributed by atoms with Gasteiger partial charge in [0.05, 0.1) is 17.0 Å². The number of aromatic carboxylic acids is 1. The first-order chi connectivity index (χ1) is 8.52. The first kappa shape index (κ1) is 12.7. The van der Waals surface area contributed by atoms with Crippen molar-refractivity contribution < 1.29 is 14.6 Å². The van der Waals surface area contributed by atoms with E-state index in [2.05, 4.69) is 4.98 Å². The lowest BCUT2D eigenvalue weighted by Gasteiger charge is -2.05.